The minimum atomic E-state index is -1.26. The molecule has 12 heavy (non-hydrogen) atoms. The van der Waals surface area contributed by atoms with Crippen LogP contribution in [-0.2, 0) is 9.53 Å². The zero-order chi connectivity index (χ0) is 9.35. The molecule has 70 valence electrons. The average Bonchev–Trinajstić information content (AvgIpc) is 2.03. The van der Waals surface area contributed by atoms with E-state index in [2.05, 4.69) is 13.1 Å². The highest BCUT2D eigenvalue weighted by Gasteiger charge is 2.41. The molecule has 0 aliphatic carbocycles. The van der Waals surface area contributed by atoms with Crippen molar-refractivity contribution in [1.82, 2.24) is 0 Å². The first-order chi connectivity index (χ1) is 5.41. The number of aliphatic hydroxyl groups excluding tert-OH is 1. The highest BCUT2D eigenvalue weighted by molar-refractivity contribution is 6.78. The van der Waals surface area contributed by atoms with Crippen molar-refractivity contribution in [2.24, 2.45) is 0 Å². The Labute approximate surface area is 73.7 Å². The molecule has 0 aromatic heterocycles. The molecule has 0 bridgehead atoms. The van der Waals surface area contributed by atoms with Gasteiger partial charge in [0, 0.05) is 6.92 Å². The number of ether oxygens (including phenoxy) is 1. The highest BCUT2D eigenvalue weighted by Crippen LogP contribution is 2.32. The molecule has 0 radical (unpaired) electrons. The van der Waals surface area contributed by atoms with Crippen molar-refractivity contribution in [3.63, 3.8) is 0 Å². The predicted molar refractivity (Wildman–Crippen MR) is 48.7 cm³/mol. The lowest BCUT2D eigenvalue weighted by molar-refractivity contribution is -0.149. The fraction of sp³-hybridized carbons (Fsp3) is 0.875. The van der Waals surface area contributed by atoms with Gasteiger partial charge in [0.2, 0.25) is 0 Å². The molecule has 2 unspecified atom stereocenters. The number of carbonyl (C=O) groups is 1. The zero-order valence-corrected chi connectivity index (χ0v) is 8.83. The van der Waals surface area contributed by atoms with Crippen LogP contribution < -0.4 is 0 Å². The second-order valence-electron chi connectivity index (χ2n) is 4.29. The van der Waals surface area contributed by atoms with Crippen molar-refractivity contribution in [2.75, 3.05) is 0 Å². The van der Waals surface area contributed by atoms with Gasteiger partial charge in [0.15, 0.2) is 0 Å². The van der Waals surface area contributed by atoms with E-state index in [1.54, 1.807) is 0 Å². The smallest absolute Gasteiger partial charge is 0.302 e. The van der Waals surface area contributed by atoms with Gasteiger partial charge in [-0.05, 0) is 12.1 Å². The molecular formula is C8H16O3Si. The molecule has 3 nitrogen and oxygen atoms in total. The standard InChI is InChI=1S/C8H16O3Si/c1-6(9)11-8-5-12(2,3)4-7(8)10/h7-8,10H,4-5H2,1-3H3. The normalized spacial score (nSPS) is 33.3. The molecule has 4 heteroatoms. The molecule has 2 atom stereocenters. The maximum atomic E-state index is 10.6. The van der Waals surface area contributed by atoms with Crippen LogP contribution in [-0.4, -0.2) is 31.4 Å². The van der Waals surface area contributed by atoms with E-state index in [0.29, 0.717) is 0 Å². The Morgan fingerprint density at radius 1 is 1.50 bits per heavy atom. The fourth-order valence-corrected chi connectivity index (χ4v) is 4.80. The number of carbonyl (C=O) groups excluding carboxylic acids is 1. The van der Waals surface area contributed by atoms with Gasteiger partial charge < -0.3 is 9.84 Å². The molecule has 1 aliphatic heterocycles. The van der Waals surface area contributed by atoms with Crippen LogP contribution >= 0.6 is 0 Å². The summed E-state index contributed by atoms with van der Waals surface area (Å²) in [5.41, 5.74) is 0. The number of hydrogen-bond donors (Lipinski definition) is 1. The first-order valence-electron chi connectivity index (χ1n) is 4.26. The van der Waals surface area contributed by atoms with E-state index in [4.69, 9.17) is 4.74 Å². The molecule has 0 saturated carbocycles. The van der Waals surface area contributed by atoms with Gasteiger partial charge >= 0.3 is 5.97 Å². The fourth-order valence-electron chi connectivity index (χ4n) is 1.79. The van der Waals surface area contributed by atoms with Gasteiger partial charge in [-0.25, -0.2) is 0 Å². The van der Waals surface area contributed by atoms with E-state index in [1.165, 1.54) is 6.92 Å². The Kier molecular flexibility index (Phi) is 2.58. The summed E-state index contributed by atoms with van der Waals surface area (Å²) in [6.07, 6.45) is -0.653. The Bertz CT molecular complexity index is 191. The van der Waals surface area contributed by atoms with Gasteiger partial charge in [-0.15, -0.1) is 0 Å². The summed E-state index contributed by atoms with van der Waals surface area (Å²) in [5, 5.41) is 9.53. The number of aliphatic hydroxyl groups is 1. The molecule has 1 N–H and O–H groups in total. The summed E-state index contributed by atoms with van der Waals surface area (Å²) in [6.45, 7) is 5.80. The van der Waals surface area contributed by atoms with Crippen LogP contribution in [0.3, 0.4) is 0 Å². The molecule has 1 fully saturated rings. The third-order valence-corrected chi connectivity index (χ3v) is 5.29. The maximum absolute atomic E-state index is 10.6. The average molecular weight is 188 g/mol. The summed E-state index contributed by atoms with van der Waals surface area (Å²) in [6, 6.07) is 1.75. The van der Waals surface area contributed by atoms with E-state index in [0.717, 1.165) is 12.1 Å². The molecule has 1 rings (SSSR count). The van der Waals surface area contributed by atoms with Crippen molar-refractivity contribution in [3.05, 3.63) is 0 Å². The van der Waals surface area contributed by atoms with Gasteiger partial charge in [0.1, 0.15) is 6.10 Å². The number of esters is 1. The van der Waals surface area contributed by atoms with E-state index >= 15 is 0 Å². The summed E-state index contributed by atoms with van der Waals surface area (Å²) in [5.74, 6) is -0.286. The SMILES string of the molecule is CC(=O)OC1C[Si](C)(C)CC1O. The summed E-state index contributed by atoms with van der Waals surface area (Å²) in [7, 11) is -1.26. The third kappa shape index (κ3) is 2.32. The second-order valence-corrected chi connectivity index (χ2v) is 9.43. The van der Waals surface area contributed by atoms with Crippen LogP contribution in [0.4, 0.5) is 0 Å². The third-order valence-electron chi connectivity index (χ3n) is 2.26. The number of rotatable bonds is 1. The van der Waals surface area contributed by atoms with Crippen molar-refractivity contribution < 1.29 is 14.6 Å². The predicted octanol–water partition coefficient (Wildman–Crippen LogP) is 1.00. The Hall–Kier alpha value is -0.353. The monoisotopic (exact) mass is 188 g/mol. The first-order valence-corrected chi connectivity index (χ1v) is 7.67. The second kappa shape index (κ2) is 3.18. The van der Waals surface area contributed by atoms with Crippen LogP contribution in [0.1, 0.15) is 6.92 Å². The van der Waals surface area contributed by atoms with Crippen molar-refractivity contribution in [3.8, 4) is 0 Å². The summed E-state index contributed by atoms with van der Waals surface area (Å²) in [4.78, 5) is 10.6. The van der Waals surface area contributed by atoms with E-state index < -0.39 is 14.2 Å². The molecule has 0 spiro atoms. The minimum Gasteiger partial charge on any atom is -0.460 e. The molecule has 1 heterocycles. The lowest BCUT2D eigenvalue weighted by Crippen LogP contribution is -2.24. The van der Waals surface area contributed by atoms with E-state index in [1.807, 2.05) is 0 Å². The minimum absolute atomic E-state index is 0.232. The quantitative estimate of drug-likeness (QED) is 0.493. The lowest BCUT2D eigenvalue weighted by Gasteiger charge is -2.14. The van der Waals surface area contributed by atoms with Gasteiger partial charge in [-0.1, -0.05) is 13.1 Å². The molecule has 0 amide bonds. The Morgan fingerprint density at radius 3 is 2.42 bits per heavy atom. The Morgan fingerprint density at radius 2 is 2.08 bits per heavy atom. The van der Waals surface area contributed by atoms with Crippen molar-refractivity contribution in [2.45, 2.75) is 44.3 Å². The summed E-state index contributed by atoms with van der Waals surface area (Å²) >= 11 is 0. The van der Waals surface area contributed by atoms with Crippen LogP contribution in [0.5, 0.6) is 0 Å². The van der Waals surface area contributed by atoms with E-state index in [-0.39, 0.29) is 12.1 Å². The van der Waals surface area contributed by atoms with Gasteiger partial charge in [0.05, 0.1) is 14.2 Å². The van der Waals surface area contributed by atoms with Crippen LogP contribution in [0.15, 0.2) is 0 Å². The topological polar surface area (TPSA) is 46.5 Å². The van der Waals surface area contributed by atoms with E-state index in [9.17, 15) is 9.90 Å². The lowest BCUT2D eigenvalue weighted by atomic mass is 10.3. The Balaban J connectivity index is 2.52. The molecule has 1 aliphatic rings. The molecular weight excluding hydrogens is 172 g/mol. The first kappa shape index (κ1) is 9.73. The van der Waals surface area contributed by atoms with Crippen molar-refractivity contribution >= 4 is 14.0 Å². The maximum Gasteiger partial charge on any atom is 0.302 e. The molecule has 0 aromatic carbocycles. The van der Waals surface area contributed by atoms with Gasteiger partial charge in [-0.3, -0.25) is 4.79 Å². The van der Waals surface area contributed by atoms with Crippen molar-refractivity contribution in [1.29, 1.82) is 0 Å². The molecule has 1 saturated heterocycles. The molecule has 0 aromatic rings. The summed E-state index contributed by atoms with van der Waals surface area (Å²) < 4.78 is 5.00. The van der Waals surface area contributed by atoms with Crippen LogP contribution in [0.2, 0.25) is 25.2 Å². The zero-order valence-electron chi connectivity index (χ0n) is 7.83. The largest absolute Gasteiger partial charge is 0.460 e. The van der Waals surface area contributed by atoms with Crippen LogP contribution in [0, 0.1) is 0 Å². The van der Waals surface area contributed by atoms with Gasteiger partial charge in [-0.2, -0.15) is 0 Å². The van der Waals surface area contributed by atoms with Crippen LogP contribution in [0.25, 0.3) is 0 Å². The highest BCUT2D eigenvalue weighted by atomic mass is 28.3. The number of hydrogen-bond acceptors (Lipinski definition) is 3. The van der Waals surface area contributed by atoms with Gasteiger partial charge in [0.25, 0.3) is 0 Å².